The van der Waals surface area contributed by atoms with Gasteiger partial charge in [0, 0.05) is 23.6 Å². The minimum absolute atomic E-state index is 0.0316. The first kappa shape index (κ1) is 22.5. The van der Waals surface area contributed by atoms with Crippen molar-refractivity contribution >= 4 is 23.1 Å². The van der Waals surface area contributed by atoms with Crippen LogP contribution in [-0.2, 0) is 6.61 Å². The molecule has 1 aliphatic rings. The standard InChI is InChI=1S/C25H29N7OS/c1-15-11-19(32-10-6-9-18(32)14-33)13-27-21(15)24-31-23(26)22(34-24)20-12-16(2)28-25(30-20)29-17-7-4-3-5-8-17/h6,9-13,17,33H,3-5,7-8,14,26H2,1-2H3,(H,28,29,30). The van der Waals surface area contributed by atoms with Gasteiger partial charge in [-0.3, -0.25) is 4.98 Å². The maximum Gasteiger partial charge on any atom is 0.223 e. The molecule has 9 heteroatoms. The van der Waals surface area contributed by atoms with Gasteiger partial charge in [-0.15, -0.1) is 11.3 Å². The summed E-state index contributed by atoms with van der Waals surface area (Å²) in [5, 5.41) is 13.8. The number of hydrogen-bond donors (Lipinski definition) is 3. The van der Waals surface area contributed by atoms with Crippen molar-refractivity contribution in [1.29, 1.82) is 0 Å². The van der Waals surface area contributed by atoms with Gasteiger partial charge in [0.15, 0.2) is 0 Å². The smallest absolute Gasteiger partial charge is 0.223 e. The fourth-order valence-corrected chi connectivity index (χ4v) is 5.52. The fraction of sp³-hybridized carbons (Fsp3) is 0.360. The SMILES string of the molecule is Cc1cc(-c2sc(-c3ncc(-n4cccc4CO)cc3C)nc2N)nc(NC2CCCCC2)n1. The number of aliphatic hydroxyl groups is 1. The van der Waals surface area contributed by atoms with Crippen LogP contribution in [0.25, 0.3) is 27.0 Å². The third-order valence-electron chi connectivity index (χ3n) is 6.22. The van der Waals surface area contributed by atoms with E-state index in [1.54, 1.807) is 6.20 Å². The summed E-state index contributed by atoms with van der Waals surface area (Å²) in [6.45, 7) is 3.95. The Morgan fingerprint density at radius 2 is 1.97 bits per heavy atom. The minimum Gasteiger partial charge on any atom is -0.390 e. The van der Waals surface area contributed by atoms with Gasteiger partial charge < -0.3 is 20.7 Å². The average molecular weight is 476 g/mol. The lowest BCUT2D eigenvalue weighted by atomic mass is 9.96. The quantitative estimate of drug-likeness (QED) is 0.364. The molecule has 176 valence electrons. The number of anilines is 2. The van der Waals surface area contributed by atoms with E-state index in [0.717, 1.165) is 56.8 Å². The number of nitrogen functional groups attached to an aromatic ring is 1. The summed E-state index contributed by atoms with van der Waals surface area (Å²) >= 11 is 1.49. The minimum atomic E-state index is -0.0316. The molecular formula is C25H29N7OS. The van der Waals surface area contributed by atoms with Crippen molar-refractivity contribution < 1.29 is 5.11 Å². The highest BCUT2D eigenvalue weighted by molar-refractivity contribution is 7.18. The molecule has 0 spiro atoms. The van der Waals surface area contributed by atoms with Crippen LogP contribution in [0.5, 0.6) is 0 Å². The number of thiazole rings is 1. The largest absolute Gasteiger partial charge is 0.390 e. The second-order valence-electron chi connectivity index (χ2n) is 8.82. The average Bonchev–Trinajstić information content (AvgIpc) is 3.46. The van der Waals surface area contributed by atoms with E-state index in [-0.39, 0.29) is 6.61 Å². The zero-order valence-electron chi connectivity index (χ0n) is 19.5. The highest BCUT2D eigenvalue weighted by Crippen LogP contribution is 2.37. The van der Waals surface area contributed by atoms with E-state index in [9.17, 15) is 5.11 Å². The van der Waals surface area contributed by atoms with E-state index in [4.69, 9.17) is 10.7 Å². The van der Waals surface area contributed by atoms with Crippen molar-refractivity contribution in [3.05, 3.63) is 53.6 Å². The van der Waals surface area contributed by atoms with Gasteiger partial charge in [0.1, 0.15) is 16.5 Å². The Morgan fingerprint density at radius 1 is 1.15 bits per heavy atom. The van der Waals surface area contributed by atoms with E-state index >= 15 is 0 Å². The van der Waals surface area contributed by atoms with Crippen molar-refractivity contribution in [2.45, 2.75) is 58.6 Å². The van der Waals surface area contributed by atoms with Crippen molar-refractivity contribution in [1.82, 2.24) is 24.5 Å². The van der Waals surface area contributed by atoms with Crippen LogP contribution in [0, 0.1) is 13.8 Å². The molecule has 0 saturated heterocycles. The first-order valence-corrected chi connectivity index (χ1v) is 12.5. The van der Waals surface area contributed by atoms with Crippen LogP contribution < -0.4 is 11.1 Å². The summed E-state index contributed by atoms with van der Waals surface area (Å²) in [7, 11) is 0. The van der Waals surface area contributed by atoms with Crippen LogP contribution in [0.3, 0.4) is 0 Å². The molecule has 8 nitrogen and oxygen atoms in total. The zero-order chi connectivity index (χ0) is 23.7. The van der Waals surface area contributed by atoms with Gasteiger partial charge >= 0.3 is 0 Å². The Hall–Kier alpha value is -3.30. The lowest BCUT2D eigenvalue weighted by Gasteiger charge is -2.23. The molecule has 5 rings (SSSR count). The van der Waals surface area contributed by atoms with Crippen LogP contribution in [0.4, 0.5) is 11.8 Å². The van der Waals surface area contributed by atoms with Gasteiger partial charge in [-0.2, -0.15) is 0 Å². The summed E-state index contributed by atoms with van der Waals surface area (Å²) in [6, 6.07) is 8.21. The third-order valence-corrected chi connectivity index (χ3v) is 7.32. The predicted octanol–water partition coefficient (Wildman–Crippen LogP) is 4.89. The lowest BCUT2D eigenvalue weighted by molar-refractivity contribution is 0.274. The summed E-state index contributed by atoms with van der Waals surface area (Å²) in [4.78, 5) is 19.5. The summed E-state index contributed by atoms with van der Waals surface area (Å²) in [5.41, 5.74) is 11.5. The molecule has 1 aliphatic carbocycles. The van der Waals surface area contributed by atoms with Crippen LogP contribution in [0.15, 0.2) is 36.7 Å². The Bertz CT molecular complexity index is 1310. The number of aryl methyl sites for hydroxylation is 2. The van der Waals surface area contributed by atoms with Gasteiger partial charge in [0.2, 0.25) is 5.95 Å². The molecule has 34 heavy (non-hydrogen) atoms. The predicted molar refractivity (Wildman–Crippen MR) is 136 cm³/mol. The Morgan fingerprint density at radius 3 is 2.74 bits per heavy atom. The lowest BCUT2D eigenvalue weighted by Crippen LogP contribution is -2.23. The van der Waals surface area contributed by atoms with Gasteiger partial charge in [0.25, 0.3) is 0 Å². The zero-order valence-corrected chi connectivity index (χ0v) is 20.3. The summed E-state index contributed by atoms with van der Waals surface area (Å²) in [5.74, 6) is 1.10. The topological polar surface area (TPSA) is 115 Å². The highest BCUT2D eigenvalue weighted by atomic mass is 32.1. The molecule has 0 unspecified atom stereocenters. The molecule has 4 N–H and O–H groups in total. The molecule has 0 aromatic carbocycles. The number of aliphatic hydroxyl groups excluding tert-OH is 1. The normalized spacial score (nSPS) is 14.4. The van der Waals surface area contributed by atoms with E-state index in [2.05, 4.69) is 20.3 Å². The molecule has 4 heterocycles. The van der Waals surface area contributed by atoms with Crippen LogP contribution in [-0.4, -0.2) is 35.7 Å². The summed E-state index contributed by atoms with van der Waals surface area (Å²) in [6.07, 6.45) is 9.82. The summed E-state index contributed by atoms with van der Waals surface area (Å²) < 4.78 is 1.93. The van der Waals surface area contributed by atoms with Gasteiger partial charge in [-0.25, -0.2) is 15.0 Å². The Balaban J connectivity index is 1.44. The first-order chi connectivity index (χ1) is 16.5. The monoisotopic (exact) mass is 475 g/mol. The van der Waals surface area contributed by atoms with Crippen LogP contribution >= 0.6 is 11.3 Å². The van der Waals surface area contributed by atoms with Crippen molar-refractivity contribution in [2.75, 3.05) is 11.1 Å². The van der Waals surface area contributed by atoms with Crippen molar-refractivity contribution in [3.8, 4) is 27.0 Å². The van der Waals surface area contributed by atoms with Gasteiger partial charge in [-0.1, -0.05) is 19.3 Å². The first-order valence-electron chi connectivity index (χ1n) is 11.6. The number of nitrogens with one attached hydrogen (secondary N) is 1. The maximum atomic E-state index is 9.56. The Kier molecular flexibility index (Phi) is 6.30. The highest BCUT2D eigenvalue weighted by Gasteiger charge is 2.19. The van der Waals surface area contributed by atoms with Crippen molar-refractivity contribution in [3.63, 3.8) is 0 Å². The molecule has 0 radical (unpaired) electrons. The van der Waals surface area contributed by atoms with E-state index in [0.29, 0.717) is 17.8 Å². The molecule has 0 aliphatic heterocycles. The van der Waals surface area contributed by atoms with Gasteiger partial charge in [-0.05, 0) is 56.5 Å². The Labute approximate surface area is 203 Å². The number of hydrogen-bond acceptors (Lipinski definition) is 8. The molecule has 4 aromatic heterocycles. The molecule has 4 aromatic rings. The third kappa shape index (κ3) is 4.53. The molecular weight excluding hydrogens is 446 g/mol. The van der Waals surface area contributed by atoms with Crippen LogP contribution in [0.2, 0.25) is 0 Å². The number of aromatic nitrogens is 5. The fourth-order valence-electron chi connectivity index (χ4n) is 4.51. The molecule has 1 saturated carbocycles. The number of nitrogens with two attached hydrogens (primary N) is 1. The second-order valence-corrected chi connectivity index (χ2v) is 9.82. The van der Waals surface area contributed by atoms with E-state index in [1.807, 2.05) is 48.9 Å². The number of nitrogens with zero attached hydrogens (tertiary/aromatic N) is 5. The van der Waals surface area contributed by atoms with Crippen molar-refractivity contribution in [2.24, 2.45) is 0 Å². The molecule has 0 atom stereocenters. The number of rotatable bonds is 6. The van der Waals surface area contributed by atoms with Crippen LogP contribution in [0.1, 0.15) is 49.1 Å². The molecule has 1 fully saturated rings. The van der Waals surface area contributed by atoms with E-state index < -0.39 is 0 Å². The molecule has 0 amide bonds. The van der Waals surface area contributed by atoms with E-state index in [1.165, 1.54) is 30.6 Å². The van der Waals surface area contributed by atoms with Gasteiger partial charge in [0.05, 0.1) is 29.1 Å². The second kappa shape index (κ2) is 9.52. The maximum absolute atomic E-state index is 9.56. The number of pyridine rings is 1. The molecule has 0 bridgehead atoms.